The number of thiazole rings is 1. The maximum atomic E-state index is 13.4. The lowest BCUT2D eigenvalue weighted by molar-refractivity contribution is 0.626. The molecular formula is C16H12FNOS2. The standard InChI is InChI=1S/C16H12FNOS2/c1-20-14-7-5-11(6-8-14)15-10-21-16(19)18(15)13-4-2-3-12(17)9-13/h2-10H,1H3. The van der Waals surface area contributed by atoms with Gasteiger partial charge in [-0.25, -0.2) is 4.39 Å². The third-order valence-electron chi connectivity index (χ3n) is 3.15. The first-order valence-corrected chi connectivity index (χ1v) is 8.40. The lowest BCUT2D eigenvalue weighted by Crippen LogP contribution is -2.11. The quantitative estimate of drug-likeness (QED) is 0.667. The van der Waals surface area contributed by atoms with E-state index in [2.05, 4.69) is 0 Å². The first kappa shape index (κ1) is 14.1. The van der Waals surface area contributed by atoms with Crippen molar-refractivity contribution in [3.05, 3.63) is 69.4 Å². The zero-order valence-electron chi connectivity index (χ0n) is 11.2. The van der Waals surface area contributed by atoms with Crippen LogP contribution in [-0.4, -0.2) is 10.8 Å². The van der Waals surface area contributed by atoms with Crippen molar-refractivity contribution in [1.82, 2.24) is 4.57 Å². The second-order valence-electron chi connectivity index (χ2n) is 4.43. The van der Waals surface area contributed by atoms with Crippen molar-refractivity contribution in [2.45, 2.75) is 4.90 Å². The number of thioether (sulfide) groups is 1. The van der Waals surface area contributed by atoms with Crippen LogP contribution in [-0.2, 0) is 0 Å². The molecule has 0 radical (unpaired) electrons. The van der Waals surface area contributed by atoms with Crippen LogP contribution in [0.2, 0.25) is 0 Å². The van der Waals surface area contributed by atoms with E-state index in [-0.39, 0.29) is 10.7 Å². The van der Waals surface area contributed by atoms with Crippen LogP contribution in [0.3, 0.4) is 0 Å². The Bertz CT molecular complexity index is 821. The average molecular weight is 317 g/mol. The van der Waals surface area contributed by atoms with Gasteiger partial charge in [-0.05, 0) is 42.2 Å². The molecule has 0 N–H and O–H groups in total. The third-order valence-corrected chi connectivity index (χ3v) is 4.62. The summed E-state index contributed by atoms with van der Waals surface area (Å²) in [5, 5.41) is 1.81. The van der Waals surface area contributed by atoms with Gasteiger partial charge < -0.3 is 0 Å². The topological polar surface area (TPSA) is 22.0 Å². The van der Waals surface area contributed by atoms with Gasteiger partial charge in [0.2, 0.25) is 0 Å². The van der Waals surface area contributed by atoms with Gasteiger partial charge in [-0.1, -0.05) is 29.5 Å². The smallest absolute Gasteiger partial charge is 0.267 e. The van der Waals surface area contributed by atoms with E-state index in [9.17, 15) is 9.18 Å². The Balaban J connectivity index is 2.14. The first-order valence-electron chi connectivity index (χ1n) is 6.30. The summed E-state index contributed by atoms with van der Waals surface area (Å²) in [5.74, 6) is -0.353. The highest BCUT2D eigenvalue weighted by Crippen LogP contribution is 2.25. The Kier molecular flexibility index (Phi) is 3.94. The maximum Gasteiger partial charge on any atom is 0.312 e. The van der Waals surface area contributed by atoms with Crippen molar-refractivity contribution in [3.8, 4) is 16.9 Å². The number of rotatable bonds is 3. The maximum absolute atomic E-state index is 13.4. The van der Waals surface area contributed by atoms with E-state index in [0.29, 0.717) is 5.69 Å². The fourth-order valence-electron chi connectivity index (χ4n) is 2.13. The van der Waals surface area contributed by atoms with Gasteiger partial charge in [0, 0.05) is 10.3 Å². The molecule has 3 aromatic rings. The second kappa shape index (κ2) is 5.87. The van der Waals surface area contributed by atoms with Crippen molar-refractivity contribution in [2.24, 2.45) is 0 Å². The molecule has 106 valence electrons. The number of benzene rings is 2. The van der Waals surface area contributed by atoms with Crippen molar-refractivity contribution in [3.63, 3.8) is 0 Å². The van der Waals surface area contributed by atoms with Crippen LogP contribution in [0.1, 0.15) is 0 Å². The molecule has 0 aliphatic carbocycles. The van der Waals surface area contributed by atoms with E-state index in [0.717, 1.165) is 27.5 Å². The fourth-order valence-corrected chi connectivity index (χ4v) is 3.30. The van der Waals surface area contributed by atoms with Crippen molar-refractivity contribution >= 4 is 23.1 Å². The Morgan fingerprint density at radius 1 is 1.14 bits per heavy atom. The largest absolute Gasteiger partial charge is 0.312 e. The van der Waals surface area contributed by atoms with Crippen LogP contribution in [0, 0.1) is 5.82 Å². The van der Waals surface area contributed by atoms with E-state index in [4.69, 9.17) is 0 Å². The highest BCUT2D eigenvalue weighted by molar-refractivity contribution is 7.98. The predicted molar refractivity (Wildman–Crippen MR) is 87.1 cm³/mol. The summed E-state index contributed by atoms with van der Waals surface area (Å²) in [6.07, 6.45) is 2.02. The van der Waals surface area contributed by atoms with E-state index < -0.39 is 0 Å². The van der Waals surface area contributed by atoms with E-state index in [1.165, 1.54) is 12.1 Å². The number of halogens is 1. The minimum Gasteiger partial charge on any atom is -0.267 e. The van der Waals surface area contributed by atoms with Crippen molar-refractivity contribution < 1.29 is 4.39 Å². The summed E-state index contributed by atoms with van der Waals surface area (Å²) in [7, 11) is 0. The molecule has 5 heteroatoms. The molecule has 0 saturated carbocycles. The summed E-state index contributed by atoms with van der Waals surface area (Å²) in [6.45, 7) is 0. The van der Waals surface area contributed by atoms with Gasteiger partial charge in [0.05, 0.1) is 11.4 Å². The molecule has 0 aliphatic heterocycles. The van der Waals surface area contributed by atoms with Gasteiger partial charge in [-0.3, -0.25) is 9.36 Å². The normalized spacial score (nSPS) is 10.8. The summed E-state index contributed by atoms with van der Waals surface area (Å²) in [5.41, 5.74) is 2.27. The van der Waals surface area contributed by atoms with Crippen LogP contribution in [0.25, 0.3) is 16.9 Å². The lowest BCUT2D eigenvalue weighted by Gasteiger charge is -2.08. The summed E-state index contributed by atoms with van der Waals surface area (Å²) >= 11 is 2.78. The summed E-state index contributed by atoms with van der Waals surface area (Å²) in [6, 6.07) is 14.1. The van der Waals surface area contributed by atoms with Gasteiger partial charge >= 0.3 is 4.87 Å². The Hall–Kier alpha value is -1.85. The molecule has 3 rings (SSSR count). The van der Waals surface area contributed by atoms with Gasteiger partial charge in [-0.15, -0.1) is 11.8 Å². The number of hydrogen-bond donors (Lipinski definition) is 0. The Labute approximate surface area is 129 Å². The second-order valence-corrected chi connectivity index (χ2v) is 6.13. The SMILES string of the molecule is CSc1ccc(-c2csc(=O)n2-c2cccc(F)c2)cc1. The number of nitrogens with zero attached hydrogens (tertiary/aromatic N) is 1. The molecule has 0 unspecified atom stereocenters. The molecule has 0 bridgehead atoms. The van der Waals surface area contributed by atoms with Crippen molar-refractivity contribution in [2.75, 3.05) is 6.26 Å². The molecule has 1 aromatic heterocycles. The van der Waals surface area contributed by atoms with Gasteiger partial charge in [-0.2, -0.15) is 0 Å². The lowest BCUT2D eigenvalue weighted by atomic mass is 10.1. The van der Waals surface area contributed by atoms with Crippen LogP contribution in [0.5, 0.6) is 0 Å². The summed E-state index contributed by atoms with van der Waals surface area (Å²) in [4.78, 5) is 13.1. The molecular weight excluding hydrogens is 305 g/mol. The predicted octanol–water partition coefficient (Wildman–Crippen LogP) is 4.43. The van der Waals surface area contributed by atoms with E-state index >= 15 is 0 Å². The minimum atomic E-state index is -0.353. The molecule has 21 heavy (non-hydrogen) atoms. The monoisotopic (exact) mass is 317 g/mol. The van der Waals surface area contributed by atoms with Gasteiger partial charge in [0.1, 0.15) is 5.82 Å². The highest BCUT2D eigenvalue weighted by Gasteiger charge is 2.11. The van der Waals surface area contributed by atoms with Crippen LogP contribution in [0.15, 0.2) is 63.6 Å². The summed E-state index contributed by atoms with van der Waals surface area (Å²) < 4.78 is 15.0. The first-order chi connectivity index (χ1) is 10.2. The molecule has 0 fully saturated rings. The molecule has 2 aromatic carbocycles. The van der Waals surface area contributed by atoms with Crippen LogP contribution < -0.4 is 4.87 Å². The number of aromatic nitrogens is 1. The molecule has 1 heterocycles. The van der Waals surface area contributed by atoms with Crippen LogP contribution >= 0.6 is 23.1 Å². The molecule has 2 nitrogen and oxygen atoms in total. The van der Waals surface area contributed by atoms with Crippen LogP contribution in [0.4, 0.5) is 4.39 Å². The minimum absolute atomic E-state index is 0.121. The highest BCUT2D eigenvalue weighted by atomic mass is 32.2. The fraction of sp³-hybridized carbons (Fsp3) is 0.0625. The van der Waals surface area contributed by atoms with Gasteiger partial charge in [0.25, 0.3) is 0 Å². The van der Waals surface area contributed by atoms with E-state index in [1.807, 2.05) is 30.5 Å². The average Bonchev–Trinajstić information content (AvgIpc) is 2.89. The van der Waals surface area contributed by atoms with E-state index in [1.54, 1.807) is 33.8 Å². The molecule has 0 amide bonds. The molecule has 0 aliphatic rings. The Morgan fingerprint density at radius 3 is 2.57 bits per heavy atom. The van der Waals surface area contributed by atoms with Crippen molar-refractivity contribution in [1.29, 1.82) is 0 Å². The number of hydrogen-bond acceptors (Lipinski definition) is 3. The molecule has 0 saturated heterocycles. The zero-order chi connectivity index (χ0) is 14.8. The van der Waals surface area contributed by atoms with Gasteiger partial charge in [0.15, 0.2) is 0 Å². The Morgan fingerprint density at radius 2 is 1.90 bits per heavy atom. The third kappa shape index (κ3) is 2.80. The molecule has 0 spiro atoms. The zero-order valence-corrected chi connectivity index (χ0v) is 12.9. The molecule has 0 atom stereocenters.